The molecule has 0 aliphatic carbocycles. The highest BCUT2D eigenvalue weighted by Crippen LogP contribution is 2.15. The number of nitrogens with one attached hydrogen (secondary N) is 1. The van der Waals surface area contributed by atoms with Gasteiger partial charge in [0.2, 0.25) is 5.91 Å². The minimum Gasteiger partial charge on any atom is -0.326 e. The molecule has 2 aromatic rings. The van der Waals surface area contributed by atoms with Crippen LogP contribution in [0.4, 0.5) is 5.69 Å². The zero-order valence-corrected chi connectivity index (χ0v) is 15.6. The molecule has 0 aliphatic heterocycles. The Morgan fingerprint density at radius 2 is 1.64 bits per heavy atom. The van der Waals surface area contributed by atoms with Crippen LogP contribution >= 0.6 is 0 Å². The van der Waals surface area contributed by atoms with Crippen LogP contribution in [0.25, 0.3) is 0 Å². The monoisotopic (exact) mass is 359 g/mol. The number of unbranched alkanes of at least 4 members (excludes halogenated alkanes) is 1. The number of anilines is 1. The predicted octanol–water partition coefficient (Wildman–Crippen LogP) is 4.14. The van der Waals surface area contributed by atoms with Gasteiger partial charge in [0.15, 0.2) is 9.84 Å². The molecule has 0 bridgehead atoms. The molecule has 0 unspecified atom stereocenters. The van der Waals surface area contributed by atoms with E-state index in [9.17, 15) is 13.2 Å². The maximum absolute atomic E-state index is 12.3. The van der Waals surface area contributed by atoms with Crippen LogP contribution in [0.1, 0.15) is 37.3 Å². The normalized spacial score (nSPS) is 11.3. The van der Waals surface area contributed by atoms with Crippen LogP contribution in [0.2, 0.25) is 0 Å². The first-order chi connectivity index (χ1) is 11.9. The summed E-state index contributed by atoms with van der Waals surface area (Å²) in [6, 6.07) is 14.4. The summed E-state index contributed by atoms with van der Waals surface area (Å²) < 4.78 is 24.5. The van der Waals surface area contributed by atoms with Crippen molar-refractivity contribution in [2.45, 2.75) is 44.4 Å². The van der Waals surface area contributed by atoms with Gasteiger partial charge in [0.05, 0.1) is 10.6 Å². The second-order valence-electron chi connectivity index (χ2n) is 6.23. The van der Waals surface area contributed by atoms with E-state index in [-0.39, 0.29) is 23.0 Å². The van der Waals surface area contributed by atoms with Gasteiger partial charge in [-0.3, -0.25) is 4.79 Å². The summed E-state index contributed by atoms with van der Waals surface area (Å²) in [5.74, 6) is -0.492. The highest BCUT2D eigenvalue weighted by atomic mass is 32.2. The number of benzene rings is 2. The predicted molar refractivity (Wildman–Crippen MR) is 102 cm³/mol. The molecule has 0 radical (unpaired) electrons. The fourth-order valence-electron chi connectivity index (χ4n) is 2.45. The molecular formula is C20H25NO3S. The van der Waals surface area contributed by atoms with Crippen LogP contribution in [0.3, 0.4) is 0 Å². The first-order valence-corrected chi connectivity index (χ1v) is 10.2. The summed E-state index contributed by atoms with van der Waals surface area (Å²) in [4.78, 5) is 12.3. The Morgan fingerprint density at radius 3 is 2.24 bits per heavy atom. The van der Waals surface area contributed by atoms with E-state index in [1.54, 1.807) is 24.3 Å². The Balaban J connectivity index is 1.88. The lowest BCUT2D eigenvalue weighted by Crippen LogP contribution is -2.17. The van der Waals surface area contributed by atoms with Crippen molar-refractivity contribution in [2.75, 3.05) is 11.1 Å². The van der Waals surface area contributed by atoms with Gasteiger partial charge in [-0.05, 0) is 49.6 Å². The second kappa shape index (κ2) is 8.81. The molecule has 0 saturated heterocycles. The standard InChI is InChI=1S/C20H25NO3S/c1-3-4-5-17-8-10-18(11-9-17)21-20(22)14-15-25(23,24)19-12-6-16(2)7-13-19/h6-13H,3-5,14-15H2,1-2H3,(H,21,22). The van der Waals surface area contributed by atoms with E-state index in [0.29, 0.717) is 5.69 Å². The Labute approximate surface area is 150 Å². The fraction of sp³-hybridized carbons (Fsp3) is 0.350. The molecule has 4 nitrogen and oxygen atoms in total. The van der Waals surface area contributed by atoms with Crippen LogP contribution in [-0.4, -0.2) is 20.1 Å². The molecule has 0 atom stereocenters. The molecule has 2 rings (SSSR count). The van der Waals surface area contributed by atoms with Crippen molar-refractivity contribution in [2.24, 2.45) is 0 Å². The lowest BCUT2D eigenvalue weighted by atomic mass is 10.1. The zero-order valence-electron chi connectivity index (χ0n) is 14.8. The molecule has 25 heavy (non-hydrogen) atoms. The molecule has 134 valence electrons. The highest BCUT2D eigenvalue weighted by Gasteiger charge is 2.16. The number of aryl methyl sites for hydroxylation is 2. The largest absolute Gasteiger partial charge is 0.326 e. The van der Waals surface area contributed by atoms with Crippen molar-refractivity contribution in [3.8, 4) is 0 Å². The minimum absolute atomic E-state index is 0.0617. The first kappa shape index (κ1) is 19.2. The molecule has 0 heterocycles. The van der Waals surface area contributed by atoms with Crippen molar-refractivity contribution in [1.29, 1.82) is 0 Å². The second-order valence-corrected chi connectivity index (χ2v) is 8.34. The zero-order chi connectivity index (χ0) is 18.3. The van der Waals surface area contributed by atoms with Gasteiger partial charge in [0.25, 0.3) is 0 Å². The number of hydrogen-bond donors (Lipinski definition) is 1. The smallest absolute Gasteiger partial charge is 0.225 e. The number of hydrogen-bond acceptors (Lipinski definition) is 3. The van der Waals surface area contributed by atoms with Gasteiger partial charge in [-0.2, -0.15) is 0 Å². The summed E-state index contributed by atoms with van der Waals surface area (Å²) in [5, 5.41) is 2.76. The van der Waals surface area contributed by atoms with Crippen molar-refractivity contribution in [1.82, 2.24) is 0 Å². The number of sulfone groups is 1. The summed E-state index contributed by atoms with van der Waals surface area (Å²) in [6.45, 7) is 4.05. The SMILES string of the molecule is CCCCc1ccc(NC(=O)CCS(=O)(=O)c2ccc(C)cc2)cc1. The minimum atomic E-state index is -3.44. The third-order valence-corrected chi connectivity index (χ3v) is 5.77. The third kappa shape index (κ3) is 6.02. The molecule has 0 aliphatic rings. The van der Waals surface area contributed by atoms with E-state index in [0.717, 1.165) is 24.8 Å². The third-order valence-electron chi connectivity index (χ3n) is 4.03. The van der Waals surface area contributed by atoms with E-state index >= 15 is 0 Å². The van der Waals surface area contributed by atoms with Gasteiger partial charge in [-0.25, -0.2) is 8.42 Å². The van der Waals surface area contributed by atoms with Crippen LogP contribution < -0.4 is 5.32 Å². The summed E-state index contributed by atoms with van der Waals surface area (Å²) in [7, 11) is -3.44. The molecular weight excluding hydrogens is 334 g/mol. The van der Waals surface area contributed by atoms with E-state index in [1.807, 2.05) is 31.2 Å². The van der Waals surface area contributed by atoms with Crippen LogP contribution in [0.5, 0.6) is 0 Å². The fourth-order valence-corrected chi connectivity index (χ4v) is 3.69. The molecule has 2 aromatic carbocycles. The number of rotatable bonds is 8. The topological polar surface area (TPSA) is 63.2 Å². The molecule has 0 saturated carbocycles. The highest BCUT2D eigenvalue weighted by molar-refractivity contribution is 7.91. The molecule has 1 amide bonds. The van der Waals surface area contributed by atoms with Crippen LogP contribution in [-0.2, 0) is 21.1 Å². The summed E-state index contributed by atoms with van der Waals surface area (Å²) in [5.41, 5.74) is 2.93. The van der Waals surface area contributed by atoms with Gasteiger partial charge in [-0.15, -0.1) is 0 Å². The molecule has 5 heteroatoms. The number of carbonyl (C=O) groups is 1. The maximum atomic E-state index is 12.3. The van der Waals surface area contributed by atoms with Gasteiger partial charge in [0.1, 0.15) is 0 Å². The van der Waals surface area contributed by atoms with Gasteiger partial charge in [0, 0.05) is 12.1 Å². The lowest BCUT2D eigenvalue weighted by Gasteiger charge is -2.08. The van der Waals surface area contributed by atoms with Gasteiger partial charge >= 0.3 is 0 Å². The van der Waals surface area contributed by atoms with E-state index < -0.39 is 9.84 Å². The molecule has 0 aromatic heterocycles. The van der Waals surface area contributed by atoms with Crippen molar-refractivity contribution < 1.29 is 13.2 Å². The Bertz CT molecular complexity index is 794. The summed E-state index contributed by atoms with van der Waals surface area (Å²) in [6.07, 6.45) is 3.25. The lowest BCUT2D eigenvalue weighted by molar-refractivity contribution is -0.115. The van der Waals surface area contributed by atoms with Gasteiger partial charge < -0.3 is 5.32 Å². The first-order valence-electron chi connectivity index (χ1n) is 8.59. The van der Waals surface area contributed by atoms with Crippen molar-refractivity contribution in [3.63, 3.8) is 0 Å². The number of carbonyl (C=O) groups excluding carboxylic acids is 1. The van der Waals surface area contributed by atoms with E-state index in [1.165, 1.54) is 5.56 Å². The van der Waals surface area contributed by atoms with Crippen LogP contribution in [0, 0.1) is 6.92 Å². The van der Waals surface area contributed by atoms with Crippen molar-refractivity contribution in [3.05, 3.63) is 59.7 Å². The number of amides is 1. The maximum Gasteiger partial charge on any atom is 0.225 e. The Morgan fingerprint density at radius 1 is 1.00 bits per heavy atom. The van der Waals surface area contributed by atoms with Crippen LogP contribution in [0.15, 0.2) is 53.4 Å². The van der Waals surface area contributed by atoms with Crippen molar-refractivity contribution >= 4 is 21.4 Å². The molecule has 1 N–H and O–H groups in total. The Kier molecular flexibility index (Phi) is 6.76. The Hall–Kier alpha value is -2.14. The van der Waals surface area contributed by atoms with E-state index in [2.05, 4.69) is 12.2 Å². The average Bonchev–Trinajstić information content (AvgIpc) is 2.60. The summed E-state index contributed by atoms with van der Waals surface area (Å²) >= 11 is 0. The molecule has 0 fully saturated rings. The molecule has 0 spiro atoms. The van der Waals surface area contributed by atoms with Gasteiger partial charge in [-0.1, -0.05) is 43.2 Å². The average molecular weight is 359 g/mol. The quantitative estimate of drug-likeness (QED) is 0.770. The van der Waals surface area contributed by atoms with E-state index in [4.69, 9.17) is 0 Å².